The molecule has 0 aliphatic heterocycles. The standard InChI is InChI=1S/C22H33N5O3.HI/c1-23-22(24-10-12-27(2)11-6-13-29-3)26-16-18-7-4-8-19(15-18)21(28)25-17-20-9-5-14-30-20;/h4-5,7-9,14-15H,6,10-13,16-17H2,1-3H3,(H,25,28)(H2,23,24,26);1H. The molecule has 0 fully saturated rings. The summed E-state index contributed by atoms with van der Waals surface area (Å²) in [5.74, 6) is 1.32. The van der Waals surface area contributed by atoms with Crippen molar-refractivity contribution in [3.8, 4) is 0 Å². The van der Waals surface area contributed by atoms with Crippen LogP contribution in [0.5, 0.6) is 0 Å². The van der Waals surface area contributed by atoms with Crippen LogP contribution < -0.4 is 16.0 Å². The van der Waals surface area contributed by atoms with E-state index in [1.54, 1.807) is 32.6 Å². The Morgan fingerprint density at radius 2 is 1.97 bits per heavy atom. The zero-order valence-electron chi connectivity index (χ0n) is 18.5. The largest absolute Gasteiger partial charge is 0.467 e. The monoisotopic (exact) mass is 543 g/mol. The summed E-state index contributed by atoms with van der Waals surface area (Å²) in [6, 6.07) is 11.2. The first-order valence-corrected chi connectivity index (χ1v) is 10.1. The van der Waals surface area contributed by atoms with Crippen LogP contribution in [0.3, 0.4) is 0 Å². The zero-order valence-corrected chi connectivity index (χ0v) is 20.8. The van der Waals surface area contributed by atoms with Crippen molar-refractivity contribution in [3.05, 3.63) is 59.5 Å². The van der Waals surface area contributed by atoms with Crippen LogP contribution in [-0.2, 0) is 17.8 Å². The number of likely N-dealkylation sites (N-methyl/N-ethyl adjacent to an activating group) is 1. The first-order chi connectivity index (χ1) is 14.6. The molecule has 1 aromatic carbocycles. The van der Waals surface area contributed by atoms with Crippen LogP contribution in [0.1, 0.15) is 28.1 Å². The average molecular weight is 543 g/mol. The van der Waals surface area contributed by atoms with Gasteiger partial charge in [0.15, 0.2) is 5.96 Å². The number of amides is 1. The number of rotatable bonds is 12. The maximum atomic E-state index is 12.4. The molecule has 0 unspecified atom stereocenters. The smallest absolute Gasteiger partial charge is 0.251 e. The lowest BCUT2D eigenvalue weighted by Crippen LogP contribution is -2.40. The fourth-order valence-corrected chi connectivity index (χ4v) is 2.87. The quantitative estimate of drug-likeness (QED) is 0.165. The van der Waals surface area contributed by atoms with Gasteiger partial charge in [0.2, 0.25) is 0 Å². The number of nitrogens with one attached hydrogen (secondary N) is 3. The molecule has 8 nitrogen and oxygen atoms in total. The first kappa shape index (κ1) is 26.9. The molecule has 2 rings (SSSR count). The van der Waals surface area contributed by atoms with Gasteiger partial charge >= 0.3 is 0 Å². The summed E-state index contributed by atoms with van der Waals surface area (Å²) in [5.41, 5.74) is 1.61. The third-order valence-corrected chi connectivity index (χ3v) is 4.55. The lowest BCUT2D eigenvalue weighted by atomic mass is 10.1. The number of hydrogen-bond donors (Lipinski definition) is 3. The summed E-state index contributed by atoms with van der Waals surface area (Å²) in [7, 11) is 5.56. The maximum Gasteiger partial charge on any atom is 0.251 e. The van der Waals surface area contributed by atoms with Crippen LogP contribution in [0.15, 0.2) is 52.1 Å². The molecular formula is C22H34IN5O3. The van der Waals surface area contributed by atoms with Gasteiger partial charge in [0, 0.05) is 52.5 Å². The van der Waals surface area contributed by atoms with Gasteiger partial charge in [0.25, 0.3) is 5.91 Å². The molecule has 0 saturated heterocycles. The van der Waals surface area contributed by atoms with Crippen molar-refractivity contribution in [2.75, 3.05) is 47.4 Å². The van der Waals surface area contributed by atoms with Crippen LogP contribution >= 0.6 is 24.0 Å². The minimum atomic E-state index is -0.132. The highest BCUT2D eigenvalue weighted by Gasteiger charge is 2.07. The summed E-state index contributed by atoms with van der Waals surface area (Å²) in [4.78, 5) is 18.9. The number of furan rings is 1. The summed E-state index contributed by atoms with van der Waals surface area (Å²) >= 11 is 0. The Morgan fingerprint density at radius 3 is 2.68 bits per heavy atom. The number of nitrogens with zero attached hydrogens (tertiary/aromatic N) is 2. The SMILES string of the molecule is CN=C(NCCN(C)CCCOC)NCc1cccc(C(=O)NCc2ccco2)c1.I. The van der Waals surface area contributed by atoms with Crippen molar-refractivity contribution in [2.45, 2.75) is 19.5 Å². The van der Waals surface area contributed by atoms with Crippen LogP contribution in [0.4, 0.5) is 0 Å². The van der Waals surface area contributed by atoms with Crippen molar-refractivity contribution in [2.24, 2.45) is 4.99 Å². The van der Waals surface area contributed by atoms with E-state index in [0.717, 1.165) is 49.9 Å². The van der Waals surface area contributed by atoms with Crippen LogP contribution in [0.2, 0.25) is 0 Å². The molecule has 0 aliphatic rings. The Bertz CT molecular complexity index is 783. The summed E-state index contributed by atoms with van der Waals surface area (Å²) in [6.45, 7) is 4.42. The van der Waals surface area contributed by atoms with Crippen molar-refractivity contribution in [1.29, 1.82) is 0 Å². The topological polar surface area (TPSA) is 91.1 Å². The van der Waals surface area contributed by atoms with E-state index in [9.17, 15) is 4.79 Å². The molecule has 0 spiro atoms. The minimum Gasteiger partial charge on any atom is -0.467 e. The Hall–Kier alpha value is -2.11. The number of carbonyl (C=O) groups excluding carboxylic acids is 1. The fraction of sp³-hybridized carbons (Fsp3) is 0.455. The predicted molar refractivity (Wildman–Crippen MR) is 134 cm³/mol. The van der Waals surface area contributed by atoms with Gasteiger partial charge in [-0.2, -0.15) is 0 Å². The van der Waals surface area contributed by atoms with Gasteiger partial charge in [0.1, 0.15) is 5.76 Å². The second-order valence-electron chi connectivity index (χ2n) is 6.96. The molecule has 172 valence electrons. The molecular weight excluding hydrogens is 509 g/mol. The molecule has 0 atom stereocenters. The van der Waals surface area contributed by atoms with Gasteiger partial charge < -0.3 is 30.0 Å². The van der Waals surface area contributed by atoms with Gasteiger partial charge in [-0.05, 0) is 43.3 Å². The van der Waals surface area contributed by atoms with E-state index in [1.807, 2.05) is 24.3 Å². The molecule has 1 amide bonds. The highest BCUT2D eigenvalue weighted by molar-refractivity contribution is 14.0. The maximum absolute atomic E-state index is 12.4. The van der Waals surface area contributed by atoms with E-state index >= 15 is 0 Å². The molecule has 1 aromatic heterocycles. The summed E-state index contributed by atoms with van der Waals surface area (Å²) in [5, 5.41) is 9.46. The van der Waals surface area contributed by atoms with E-state index in [0.29, 0.717) is 18.7 Å². The van der Waals surface area contributed by atoms with Crippen LogP contribution in [0, 0.1) is 0 Å². The molecule has 31 heavy (non-hydrogen) atoms. The second kappa shape index (κ2) is 15.7. The Labute approximate surface area is 201 Å². The molecule has 9 heteroatoms. The Kier molecular flexibility index (Phi) is 13.6. The number of ether oxygens (including phenoxy) is 1. The fourth-order valence-electron chi connectivity index (χ4n) is 2.87. The second-order valence-corrected chi connectivity index (χ2v) is 6.96. The number of aliphatic imine (C=N–C) groups is 1. The third-order valence-electron chi connectivity index (χ3n) is 4.55. The van der Waals surface area contributed by atoms with Crippen molar-refractivity contribution in [3.63, 3.8) is 0 Å². The molecule has 2 aromatic rings. The molecule has 0 saturated carbocycles. The molecule has 0 bridgehead atoms. The lowest BCUT2D eigenvalue weighted by Gasteiger charge is -2.18. The predicted octanol–water partition coefficient (Wildman–Crippen LogP) is 2.46. The zero-order chi connectivity index (χ0) is 21.6. The van der Waals surface area contributed by atoms with Gasteiger partial charge in [-0.3, -0.25) is 9.79 Å². The van der Waals surface area contributed by atoms with Gasteiger partial charge in [-0.15, -0.1) is 24.0 Å². The van der Waals surface area contributed by atoms with Gasteiger partial charge in [-0.25, -0.2) is 0 Å². The highest BCUT2D eigenvalue weighted by atomic mass is 127. The molecule has 3 N–H and O–H groups in total. The summed E-state index contributed by atoms with van der Waals surface area (Å²) < 4.78 is 10.3. The average Bonchev–Trinajstić information content (AvgIpc) is 3.28. The van der Waals surface area contributed by atoms with E-state index < -0.39 is 0 Å². The van der Waals surface area contributed by atoms with E-state index in [-0.39, 0.29) is 29.9 Å². The molecule has 0 aliphatic carbocycles. The number of benzene rings is 1. The number of guanidine groups is 1. The van der Waals surface area contributed by atoms with Crippen molar-refractivity contribution >= 4 is 35.8 Å². The van der Waals surface area contributed by atoms with Crippen molar-refractivity contribution < 1.29 is 13.9 Å². The lowest BCUT2D eigenvalue weighted by molar-refractivity contribution is 0.0948. The molecule has 0 radical (unpaired) electrons. The molecule has 1 heterocycles. The number of carbonyl (C=O) groups is 1. The van der Waals surface area contributed by atoms with Gasteiger partial charge in [0.05, 0.1) is 12.8 Å². The van der Waals surface area contributed by atoms with E-state index in [4.69, 9.17) is 9.15 Å². The van der Waals surface area contributed by atoms with E-state index in [1.165, 1.54) is 0 Å². The normalized spacial score (nSPS) is 11.2. The first-order valence-electron chi connectivity index (χ1n) is 10.1. The highest BCUT2D eigenvalue weighted by Crippen LogP contribution is 2.06. The Morgan fingerprint density at radius 1 is 1.13 bits per heavy atom. The third kappa shape index (κ3) is 10.7. The number of hydrogen-bond acceptors (Lipinski definition) is 5. The van der Waals surface area contributed by atoms with E-state index in [2.05, 4.69) is 32.9 Å². The minimum absolute atomic E-state index is 0. The van der Waals surface area contributed by atoms with Crippen LogP contribution in [0.25, 0.3) is 0 Å². The van der Waals surface area contributed by atoms with Crippen molar-refractivity contribution in [1.82, 2.24) is 20.9 Å². The summed E-state index contributed by atoms with van der Waals surface area (Å²) in [6.07, 6.45) is 2.61. The van der Waals surface area contributed by atoms with Crippen LogP contribution in [-0.4, -0.2) is 64.2 Å². The number of methoxy groups -OCH3 is 1. The van der Waals surface area contributed by atoms with Gasteiger partial charge in [-0.1, -0.05) is 12.1 Å². The Balaban J connectivity index is 0.00000480. The number of halogens is 1.